The van der Waals surface area contributed by atoms with Crippen molar-refractivity contribution in [2.75, 3.05) is 5.75 Å². The van der Waals surface area contributed by atoms with Gasteiger partial charge in [0.15, 0.2) is 6.10 Å². The lowest BCUT2D eigenvalue weighted by Gasteiger charge is -2.36. The Kier molecular flexibility index (Phi) is 7.04. The highest BCUT2D eigenvalue weighted by molar-refractivity contribution is 7.85. The lowest BCUT2D eigenvalue weighted by Crippen LogP contribution is -2.64. The molecular formula is C11H12F6O7S. The maximum absolute atomic E-state index is 13.0. The molecule has 0 aliphatic heterocycles. The minimum absolute atomic E-state index is 0.481. The van der Waals surface area contributed by atoms with E-state index >= 15 is 0 Å². The van der Waals surface area contributed by atoms with Crippen LogP contribution in [0.3, 0.4) is 0 Å². The Balaban J connectivity index is 6.04. The van der Waals surface area contributed by atoms with E-state index in [-0.39, 0.29) is 0 Å². The second-order valence-electron chi connectivity index (χ2n) is 4.51. The van der Waals surface area contributed by atoms with Gasteiger partial charge in [0.1, 0.15) is 5.75 Å². The fourth-order valence-corrected chi connectivity index (χ4v) is 2.35. The molecule has 0 spiro atoms. The van der Waals surface area contributed by atoms with Crippen molar-refractivity contribution in [3.63, 3.8) is 0 Å². The molecule has 0 rings (SSSR count). The molecule has 0 saturated carbocycles. The van der Waals surface area contributed by atoms with Gasteiger partial charge >= 0.3 is 29.9 Å². The monoisotopic (exact) mass is 402 g/mol. The van der Waals surface area contributed by atoms with Crippen LogP contribution in [0.4, 0.5) is 26.3 Å². The highest BCUT2D eigenvalue weighted by Crippen LogP contribution is 2.47. The molecule has 0 aromatic rings. The van der Waals surface area contributed by atoms with E-state index in [0.717, 1.165) is 6.92 Å². The van der Waals surface area contributed by atoms with E-state index < -0.39 is 58.3 Å². The zero-order valence-electron chi connectivity index (χ0n) is 12.3. The summed E-state index contributed by atoms with van der Waals surface area (Å²) in [6, 6.07) is 0. The number of rotatable bonds is 7. The Morgan fingerprint density at radius 1 is 1.16 bits per heavy atom. The highest BCUT2D eigenvalue weighted by atomic mass is 32.2. The topological polar surface area (TPSA) is 107 Å². The predicted octanol–water partition coefficient (Wildman–Crippen LogP) is 1.79. The number of alkyl halides is 6. The molecule has 0 aromatic carbocycles. The van der Waals surface area contributed by atoms with Crippen molar-refractivity contribution in [1.29, 1.82) is 0 Å². The van der Waals surface area contributed by atoms with Gasteiger partial charge in [0, 0.05) is 6.08 Å². The Bertz CT molecular complexity index is 608. The fraction of sp³-hybridized carbons (Fsp3) is 0.636. The molecule has 1 unspecified atom stereocenters. The standard InChI is InChI=1S/C11H12F6O7S/c1-3-6(23-7(18)4-2)8(19)24-9(10(12,13)14,11(15,16)17)5-25(20,21)22/h4,6H,2-3,5H2,1H3,(H,20,21,22). The van der Waals surface area contributed by atoms with Crippen LogP contribution in [-0.4, -0.2) is 54.7 Å². The number of halogens is 6. The maximum atomic E-state index is 13.0. The SMILES string of the molecule is C=CC(=O)OC(CC)C(=O)OC(CS(=O)(=O)O)(C(F)(F)F)C(F)(F)F. The second-order valence-corrected chi connectivity index (χ2v) is 5.96. The predicted molar refractivity (Wildman–Crippen MR) is 67.7 cm³/mol. The Morgan fingerprint density at radius 2 is 1.60 bits per heavy atom. The maximum Gasteiger partial charge on any atom is 0.438 e. The third-order valence-corrected chi connectivity index (χ3v) is 3.41. The largest absolute Gasteiger partial charge is 0.447 e. The number of carbonyl (C=O) groups is 2. The minimum atomic E-state index is -6.46. The highest BCUT2D eigenvalue weighted by Gasteiger charge is 2.76. The quantitative estimate of drug-likeness (QED) is 0.299. The lowest BCUT2D eigenvalue weighted by atomic mass is 10.1. The van der Waals surface area contributed by atoms with Crippen molar-refractivity contribution >= 4 is 22.1 Å². The van der Waals surface area contributed by atoms with Crippen molar-refractivity contribution in [3.05, 3.63) is 12.7 Å². The molecule has 0 bridgehead atoms. The van der Waals surface area contributed by atoms with Crippen LogP contribution in [0.25, 0.3) is 0 Å². The molecule has 0 aromatic heterocycles. The summed E-state index contributed by atoms with van der Waals surface area (Å²) in [5.74, 6) is -6.68. The summed E-state index contributed by atoms with van der Waals surface area (Å²) in [5, 5.41) is 0. The third-order valence-electron chi connectivity index (χ3n) is 2.64. The number of carbonyl (C=O) groups excluding carboxylic acids is 2. The first kappa shape index (κ1) is 23.2. The average Bonchev–Trinajstić information content (AvgIpc) is 2.39. The van der Waals surface area contributed by atoms with Crippen molar-refractivity contribution in [1.82, 2.24) is 0 Å². The molecule has 25 heavy (non-hydrogen) atoms. The zero-order chi connectivity index (χ0) is 20.3. The van der Waals surface area contributed by atoms with Crippen molar-refractivity contribution < 1.29 is 58.4 Å². The summed E-state index contributed by atoms with van der Waals surface area (Å²) in [6.07, 6.45) is -15.2. The van der Waals surface area contributed by atoms with E-state index in [1.807, 2.05) is 0 Å². The van der Waals surface area contributed by atoms with Crippen LogP contribution in [0.2, 0.25) is 0 Å². The number of esters is 2. The smallest absolute Gasteiger partial charge is 0.438 e. The number of hydrogen-bond acceptors (Lipinski definition) is 6. The molecule has 146 valence electrons. The molecule has 7 nitrogen and oxygen atoms in total. The lowest BCUT2D eigenvalue weighted by molar-refractivity contribution is -0.362. The summed E-state index contributed by atoms with van der Waals surface area (Å²) < 4.78 is 115. The fourth-order valence-electron chi connectivity index (χ4n) is 1.45. The van der Waals surface area contributed by atoms with Crippen molar-refractivity contribution in [2.45, 2.75) is 37.4 Å². The van der Waals surface area contributed by atoms with Crippen LogP contribution in [0.5, 0.6) is 0 Å². The van der Waals surface area contributed by atoms with Gasteiger partial charge in [0.25, 0.3) is 10.1 Å². The van der Waals surface area contributed by atoms with Gasteiger partial charge < -0.3 is 9.47 Å². The summed E-state index contributed by atoms with van der Waals surface area (Å²) in [4.78, 5) is 22.6. The molecular weight excluding hydrogens is 390 g/mol. The molecule has 1 atom stereocenters. The van der Waals surface area contributed by atoms with Gasteiger partial charge in [-0.25, -0.2) is 9.59 Å². The Morgan fingerprint density at radius 3 is 1.88 bits per heavy atom. The van der Waals surface area contributed by atoms with Crippen LogP contribution in [0, 0.1) is 0 Å². The summed E-state index contributed by atoms with van der Waals surface area (Å²) >= 11 is 0. The molecule has 0 heterocycles. The van der Waals surface area contributed by atoms with E-state index in [1.165, 1.54) is 0 Å². The van der Waals surface area contributed by atoms with Crippen LogP contribution in [-0.2, 0) is 29.2 Å². The molecule has 0 fully saturated rings. The van der Waals surface area contributed by atoms with E-state index in [2.05, 4.69) is 16.1 Å². The number of hydrogen-bond donors (Lipinski definition) is 1. The molecule has 0 radical (unpaired) electrons. The van der Waals surface area contributed by atoms with Crippen molar-refractivity contribution in [3.8, 4) is 0 Å². The Hall–Kier alpha value is -1.83. The van der Waals surface area contributed by atoms with Gasteiger partial charge in [-0.15, -0.1) is 0 Å². The van der Waals surface area contributed by atoms with Gasteiger partial charge in [0.2, 0.25) is 0 Å². The third kappa shape index (κ3) is 5.88. The number of ether oxygens (including phenoxy) is 2. The summed E-state index contributed by atoms with van der Waals surface area (Å²) in [6.45, 7) is 3.97. The first-order valence-electron chi connectivity index (χ1n) is 6.15. The molecule has 14 heteroatoms. The summed E-state index contributed by atoms with van der Waals surface area (Å²) in [7, 11) is -5.89. The van der Waals surface area contributed by atoms with Gasteiger partial charge in [0.05, 0.1) is 0 Å². The summed E-state index contributed by atoms with van der Waals surface area (Å²) in [5.41, 5.74) is -5.56. The van der Waals surface area contributed by atoms with Crippen molar-refractivity contribution in [2.24, 2.45) is 0 Å². The molecule has 0 saturated heterocycles. The van der Waals surface area contributed by atoms with Gasteiger partial charge in [-0.1, -0.05) is 13.5 Å². The van der Waals surface area contributed by atoms with E-state index in [1.54, 1.807) is 0 Å². The van der Waals surface area contributed by atoms with Crippen LogP contribution in [0.1, 0.15) is 13.3 Å². The van der Waals surface area contributed by atoms with E-state index in [0.29, 0.717) is 6.08 Å². The second kappa shape index (κ2) is 7.59. The zero-order valence-corrected chi connectivity index (χ0v) is 13.2. The van der Waals surface area contributed by atoms with E-state index in [4.69, 9.17) is 4.55 Å². The van der Waals surface area contributed by atoms with E-state index in [9.17, 15) is 44.3 Å². The first-order valence-corrected chi connectivity index (χ1v) is 7.76. The minimum Gasteiger partial charge on any atom is -0.447 e. The molecule has 1 N–H and O–H groups in total. The molecule has 0 amide bonds. The normalized spacial score (nSPS) is 14.6. The van der Waals surface area contributed by atoms with Gasteiger partial charge in [-0.2, -0.15) is 34.8 Å². The van der Waals surface area contributed by atoms with Crippen LogP contribution < -0.4 is 0 Å². The van der Waals surface area contributed by atoms with Crippen LogP contribution in [0.15, 0.2) is 12.7 Å². The van der Waals surface area contributed by atoms with Crippen LogP contribution >= 0.6 is 0 Å². The average molecular weight is 402 g/mol. The molecule has 0 aliphatic rings. The Labute approximate surface area is 137 Å². The molecule has 0 aliphatic carbocycles. The first-order chi connectivity index (χ1) is 11.0. The van der Waals surface area contributed by atoms with Gasteiger partial charge in [-0.3, -0.25) is 4.55 Å². The van der Waals surface area contributed by atoms with Gasteiger partial charge in [-0.05, 0) is 6.42 Å².